The number of carbonyl (C=O) groups excluding carboxylic acids is 4. The monoisotopic (exact) mass is 421 g/mol. The van der Waals surface area contributed by atoms with Gasteiger partial charge in [-0.2, -0.15) is 4.90 Å². The first-order valence-corrected chi connectivity index (χ1v) is 9.58. The molecule has 0 aliphatic carbocycles. The molecule has 0 N–H and O–H groups in total. The van der Waals surface area contributed by atoms with Crippen LogP contribution in [0.5, 0.6) is 0 Å². The molecule has 0 saturated carbocycles. The van der Waals surface area contributed by atoms with Crippen molar-refractivity contribution in [1.82, 2.24) is 4.90 Å². The van der Waals surface area contributed by atoms with E-state index in [1.165, 1.54) is 0 Å². The molecule has 0 bridgehead atoms. The highest BCUT2D eigenvalue weighted by Crippen LogP contribution is 2.21. The van der Waals surface area contributed by atoms with Gasteiger partial charge in [0.1, 0.15) is 11.2 Å². The van der Waals surface area contributed by atoms with Crippen molar-refractivity contribution < 1.29 is 33.4 Å². The molecule has 1 atom stereocenters. The molecule has 0 spiro atoms. The molecule has 0 heterocycles. The number of methoxy groups -OCH3 is 1. The number of rotatable bonds is 5. The largest absolute Gasteiger partial charge is 0.467 e. The van der Waals surface area contributed by atoms with Gasteiger partial charge in [-0.05, 0) is 54.0 Å². The number of hydrogen-bond donors (Lipinski definition) is 0. The minimum atomic E-state index is -1.55. The summed E-state index contributed by atoms with van der Waals surface area (Å²) >= 11 is 0. The van der Waals surface area contributed by atoms with Crippen LogP contribution in [0.1, 0.15) is 63.9 Å². The van der Waals surface area contributed by atoms with Crippen LogP contribution in [-0.4, -0.2) is 53.2 Å². The summed E-state index contributed by atoms with van der Waals surface area (Å²) in [5, 5.41) is 0. The SMILES string of the molecule is COC(=O)C(CC(=O)c1ccccc1C)N(C(=O)OC(C)(C)C)C(=O)OC(C)(C)C. The molecule has 0 radical (unpaired) electrons. The quantitative estimate of drug-likeness (QED) is 0.397. The molecule has 0 aliphatic rings. The zero-order chi connectivity index (χ0) is 23.3. The van der Waals surface area contributed by atoms with Crippen LogP contribution in [0.3, 0.4) is 0 Å². The van der Waals surface area contributed by atoms with Gasteiger partial charge in [0.15, 0.2) is 11.8 Å². The number of carbonyl (C=O) groups is 4. The van der Waals surface area contributed by atoms with Crippen molar-refractivity contribution in [2.45, 2.75) is 72.1 Å². The zero-order valence-electron chi connectivity index (χ0n) is 18.9. The first-order chi connectivity index (χ1) is 13.7. The molecule has 1 aromatic carbocycles. The first-order valence-electron chi connectivity index (χ1n) is 9.58. The molecule has 30 heavy (non-hydrogen) atoms. The standard InChI is InChI=1S/C22H31NO7/c1-14-11-9-10-12-15(14)17(24)13-16(18(25)28-8)23(19(26)29-21(2,3)4)20(27)30-22(5,6)7/h9-12,16H,13H2,1-8H3. The molecule has 1 aromatic rings. The third-order valence-electron chi connectivity index (χ3n) is 3.79. The number of Topliss-reactive ketones (excluding diaryl/α,β-unsaturated/α-hetero) is 1. The lowest BCUT2D eigenvalue weighted by molar-refractivity contribution is -0.146. The number of ketones is 1. The predicted octanol–water partition coefficient (Wildman–Crippen LogP) is 4.28. The maximum Gasteiger partial charge on any atom is 0.420 e. The Morgan fingerprint density at radius 2 is 1.37 bits per heavy atom. The Kier molecular flexibility index (Phi) is 8.16. The van der Waals surface area contributed by atoms with Crippen molar-refractivity contribution >= 4 is 23.9 Å². The van der Waals surface area contributed by atoms with Gasteiger partial charge in [0.25, 0.3) is 0 Å². The minimum Gasteiger partial charge on any atom is -0.467 e. The van der Waals surface area contributed by atoms with Crippen LogP contribution in [0.15, 0.2) is 24.3 Å². The van der Waals surface area contributed by atoms with Gasteiger partial charge >= 0.3 is 18.2 Å². The predicted molar refractivity (Wildman–Crippen MR) is 110 cm³/mol. The lowest BCUT2D eigenvalue weighted by Gasteiger charge is -2.32. The van der Waals surface area contributed by atoms with Crippen LogP contribution in [-0.2, 0) is 19.0 Å². The molecule has 0 fully saturated rings. The van der Waals surface area contributed by atoms with E-state index < -0.39 is 47.6 Å². The molecule has 166 valence electrons. The number of amides is 2. The zero-order valence-corrected chi connectivity index (χ0v) is 18.9. The smallest absolute Gasteiger partial charge is 0.420 e. The van der Waals surface area contributed by atoms with Gasteiger partial charge in [0, 0.05) is 12.0 Å². The summed E-state index contributed by atoms with van der Waals surface area (Å²) in [5.74, 6) is -1.37. The normalized spacial score (nSPS) is 12.5. The summed E-state index contributed by atoms with van der Waals surface area (Å²) in [6.07, 6.45) is -2.69. The second-order valence-corrected chi connectivity index (χ2v) is 8.81. The molecule has 0 aromatic heterocycles. The molecule has 8 nitrogen and oxygen atoms in total. The Bertz CT molecular complexity index is 774. The lowest BCUT2D eigenvalue weighted by atomic mass is 9.99. The number of benzene rings is 1. The molecule has 1 rings (SSSR count). The highest BCUT2D eigenvalue weighted by Gasteiger charge is 2.42. The first kappa shape index (κ1) is 25.1. The Morgan fingerprint density at radius 3 is 1.77 bits per heavy atom. The van der Waals surface area contributed by atoms with Gasteiger partial charge in [0.2, 0.25) is 0 Å². The van der Waals surface area contributed by atoms with Crippen LogP contribution in [0.2, 0.25) is 0 Å². The van der Waals surface area contributed by atoms with Gasteiger partial charge in [-0.25, -0.2) is 14.4 Å². The van der Waals surface area contributed by atoms with E-state index in [1.54, 1.807) is 72.7 Å². The van der Waals surface area contributed by atoms with E-state index in [-0.39, 0.29) is 0 Å². The van der Waals surface area contributed by atoms with E-state index in [0.717, 1.165) is 7.11 Å². The summed E-state index contributed by atoms with van der Waals surface area (Å²) < 4.78 is 15.4. The molecule has 1 unspecified atom stereocenters. The fraction of sp³-hybridized carbons (Fsp3) is 0.545. The van der Waals surface area contributed by atoms with Crippen LogP contribution < -0.4 is 0 Å². The number of ether oxygens (including phenoxy) is 3. The van der Waals surface area contributed by atoms with Crippen molar-refractivity contribution in [3.8, 4) is 0 Å². The highest BCUT2D eigenvalue weighted by atomic mass is 16.6. The van der Waals surface area contributed by atoms with Crippen LogP contribution in [0, 0.1) is 6.92 Å². The highest BCUT2D eigenvalue weighted by molar-refractivity contribution is 6.02. The summed E-state index contributed by atoms with van der Waals surface area (Å²) in [4.78, 5) is 51.5. The van der Waals surface area contributed by atoms with Gasteiger partial charge in [-0.3, -0.25) is 4.79 Å². The van der Waals surface area contributed by atoms with E-state index in [1.807, 2.05) is 0 Å². The summed E-state index contributed by atoms with van der Waals surface area (Å²) in [6, 6.07) is 5.27. The number of imide groups is 1. The number of aryl methyl sites for hydroxylation is 1. The Labute approximate surface area is 177 Å². The molecule has 8 heteroatoms. The van der Waals surface area contributed by atoms with Gasteiger partial charge < -0.3 is 14.2 Å². The maximum absolute atomic E-state index is 12.9. The van der Waals surface area contributed by atoms with Gasteiger partial charge in [-0.15, -0.1) is 0 Å². The fourth-order valence-electron chi connectivity index (χ4n) is 2.54. The topological polar surface area (TPSA) is 99.2 Å². The maximum atomic E-state index is 12.9. The van der Waals surface area contributed by atoms with Crippen molar-refractivity contribution in [3.05, 3.63) is 35.4 Å². The second-order valence-electron chi connectivity index (χ2n) is 8.81. The van der Waals surface area contributed by atoms with Crippen LogP contribution >= 0.6 is 0 Å². The van der Waals surface area contributed by atoms with Crippen molar-refractivity contribution in [2.75, 3.05) is 7.11 Å². The second kappa shape index (κ2) is 9.73. The van der Waals surface area contributed by atoms with E-state index >= 15 is 0 Å². The summed E-state index contributed by atoms with van der Waals surface area (Å²) in [7, 11) is 1.11. The van der Waals surface area contributed by atoms with Crippen molar-refractivity contribution in [1.29, 1.82) is 0 Å². The fourth-order valence-corrected chi connectivity index (χ4v) is 2.54. The van der Waals surface area contributed by atoms with Crippen molar-refractivity contribution in [2.24, 2.45) is 0 Å². The van der Waals surface area contributed by atoms with E-state index in [9.17, 15) is 19.2 Å². The third-order valence-corrected chi connectivity index (χ3v) is 3.79. The van der Waals surface area contributed by atoms with E-state index in [2.05, 4.69) is 0 Å². The number of esters is 1. The number of hydrogen-bond acceptors (Lipinski definition) is 7. The Morgan fingerprint density at radius 1 is 0.900 bits per heavy atom. The molecular weight excluding hydrogens is 390 g/mol. The summed E-state index contributed by atoms with van der Waals surface area (Å²) in [6.45, 7) is 11.4. The Balaban J connectivity index is 3.36. The lowest BCUT2D eigenvalue weighted by Crippen LogP contribution is -2.53. The third kappa shape index (κ3) is 7.50. The molecule has 0 aliphatic heterocycles. The van der Waals surface area contributed by atoms with Gasteiger partial charge in [0.05, 0.1) is 7.11 Å². The van der Waals surface area contributed by atoms with Crippen molar-refractivity contribution in [3.63, 3.8) is 0 Å². The molecular formula is C22H31NO7. The molecule has 2 amide bonds. The van der Waals surface area contributed by atoms with Crippen LogP contribution in [0.25, 0.3) is 0 Å². The Hall–Kier alpha value is -2.90. The number of nitrogens with zero attached hydrogens (tertiary/aromatic N) is 1. The van der Waals surface area contributed by atoms with Gasteiger partial charge in [-0.1, -0.05) is 24.3 Å². The summed E-state index contributed by atoms with van der Waals surface area (Å²) in [5.41, 5.74) is -0.817. The average molecular weight is 421 g/mol. The average Bonchev–Trinajstić information content (AvgIpc) is 2.57. The minimum absolute atomic E-state index is 0.375. The van der Waals surface area contributed by atoms with E-state index in [4.69, 9.17) is 14.2 Å². The van der Waals surface area contributed by atoms with Crippen LogP contribution in [0.4, 0.5) is 9.59 Å². The van der Waals surface area contributed by atoms with E-state index in [0.29, 0.717) is 16.0 Å². The molecule has 0 saturated heterocycles.